The molecule has 0 heterocycles. The van der Waals surface area contributed by atoms with Crippen molar-refractivity contribution in [2.45, 2.75) is 13.0 Å². The van der Waals surface area contributed by atoms with Gasteiger partial charge in [0.2, 0.25) is 0 Å². The van der Waals surface area contributed by atoms with E-state index in [1.165, 1.54) is 0 Å². The van der Waals surface area contributed by atoms with Crippen LogP contribution in [0.2, 0.25) is 0 Å². The first-order valence-corrected chi connectivity index (χ1v) is 6.41. The maximum atomic E-state index is 8.80. The van der Waals surface area contributed by atoms with E-state index in [1.807, 2.05) is 48.5 Å². The fourth-order valence-electron chi connectivity index (χ4n) is 1.65. The quantitative estimate of drug-likeness (QED) is 0.852. The van der Waals surface area contributed by atoms with E-state index in [-0.39, 0.29) is 0 Å². The van der Waals surface area contributed by atoms with Crippen LogP contribution in [0.4, 0.5) is 0 Å². The molecule has 0 unspecified atom stereocenters. The fourth-order valence-corrected chi connectivity index (χ4v) is 2.06. The molecule has 3 heteroatoms. The van der Waals surface area contributed by atoms with E-state index in [0.29, 0.717) is 13.0 Å². The minimum atomic E-state index is 0.351. The molecule has 2 aromatic rings. The first-order chi connectivity index (χ1) is 8.79. The number of nitriles is 1. The zero-order chi connectivity index (χ0) is 12.8. The molecule has 0 spiro atoms. The largest absolute Gasteiger partial charge is 0.489 e. The van der Waals surface area contributed by atoms with Crippen LogP contribution >= 0.6 is 15.9 Å². The van der Waals surface area contributed by atoms with Crippen LogP contribution in [-0.4, -0.2) is 0 Å². The van der Waals surface area contributed by atoms with Crippen LogP contribution in [0.15, 0.2) is 53.0 Å². The van der Waals surface area contributed by atoms with Crippen molar-refractivity contribution in [3.8, 4) is 11.8 Å². The molecule has 0 radical (unpaired) electrons. The highest BCUT2D eigenvalue weighted by molar-refractivity contribution is 9.10. The number of halogens is 1. The third-order valence-corrected chi connectivity index (χ3v) is 3.02. The van der Waals surface area contributed by atoms with Crippen LogP contribution in [-0.2, 0) is 13.0 Å². The minimum absolute atomic E-state index is 0.351. The van der Waals surface area contributed by atoms with Gasteiger partial charge in [-0.3, -0.25) is 0 Å². The predicted octanol–water partition coefficient (Wildman–Crippen LogP) is 4.09. The lowest BCUT2D eigenvalue weighted by atomic mass is 10.1. The van der Waals surface area contributed by atoms with Crippen molar-refractivity contribution in [3.05, 3.63) is 64.1 Å². The average molecular weight is 302 g/mol. The van der Waals surface area contributed by atoms with Gasteiger partial charge in [-0.15, -0.1) is 0 Å². The van der Waals surface area contributed by atoms with E-state index in [1.54, 1.807) is 0 Å². The van der Waals surface area contributed by atoms with E-state index < -0.39 is 0 Å². The average Bonchev–Trinajstić information content (AvgIpc) is 2.39. The van der Waals surface area contributed by atoms with Crippen molar-refractivity contribution >= 4 is 15.9 Å². The normalized spacial score (nSPS) is 9.78. The summed E-state index contributed by atoms with van der Waals surface area (Å²) in [5, 5.41) is 8.80. The predicted molar refractivity (Wildman–Crippen MR) is 74.2 cm³/mol. The molecule has 2 rings (SSSR count). The number of benzene rings is 2. The maximum Gasteiger partial charge on any atom is 0.124 e. The zero-order valence-electron chi connectivity index (χ0n) is 9.77. The fraction of sp³-hybridized carbons (Fsp3) is 0.133. The van der Waals surface area contributed by atoms with E-state index in [0.717, 1.165) is 21.3 Å². The molecule has 2 aromatic carbocycles. The van der Waals surface area contributed by atoms with Crippen molar-refractivity contribution < 1.29 is 4.74 Å². The lowest BCUT2D eigenvalue weighted by Gasteiger charge is -2.10. The molecule has 0 aliphatic heterocycles. The second-order valence-corrected chi connectivity index (χ2v) is 4.78. The smallest absolute Gasteiger partial charge is 0.124 e. The summed E-state index contributed by atoms with van der Waals surface area (Å²) < 4.78 is 6.72. The highest BCUT2D eigenvalue weighted by atomic mass is 79.9. The second kappa shape index (κ2) is 6.23. The molecule has 0 N–H and O–H groups in total. The summed E-state index contributed by atoms with van der Waals surface area (Å²) in [5.74, 6) is 0.767. The van der Waals surface area contributed by atoms with Crippen molar-refractivity contribution in [3.63, 3.8) is 0 Å². The Morgan fingerprint density at radius 3 is 2.61 bits per heavy atom. The van der Waals surface area contributed by atoms with E-state index in [9.17, 15) is 0 Å². The first kappa shape index (κ1) is 12.7. The molecule has 0 atom stereocenters. The number of rotatable bonds is 4. The van der Waals surface area contributed by atoms with E-state index in [4.69, 9.17) is 10.00 Å². The Hall–Kier alpha value is -1.79. The van der Waals surface area contributed by atoms with Crippen molar-refractivity contribution in [1.82, 2.24) is 0 Å². The van der Waals surface area contributed by atoms with Crippen LogP contribution in [0.1, 0.15) is 11.1 Å². The second-order valence-electron chi connectivity index (χ2n) is 3.86. The lowest BCUT2D eigenvalue weighted by Crippen LogP contribution is -1.98. The first-order valence-electron chi connectivity index (χ1n) is 5.61. The Kier molecular flexibility index (Phi) is 4.38. The molecule has 18 heavy (non-hydrogen) atoms. The highest BCUT2D eigenvalue weighted by Gasteiger charge is 2.04. The molecule has 0 bridgehead atoms. The molecule has 90 valence electrons. The van der Waals surface area contributed by atoms with Gasteiger partial charge < -0.3 is 4.74 Å². The summed E-state index contributed by atoms with van der Waals surface area (Å²) in [6.07, 6.45) is 0.351. The summed E-state index contributed by atoms with van der Waals surface area (Å²) in [6, 6.07) is 17.9. The van der Waals surface area contributed by atoms with Crippen LogP contribution in [0.25, 0.3) is 0 Å². The molecule has 0 saturated carbocycles. The van der Waals surface area contributed by atoms with Gasteiger partial charge in [0.15, 0.2) is 0 Å². The van der Waals surface area contributed by atoms with E-state index in [2.05, 4.69) is 22.0 Å². The lowest BCUT2D eigenvalue weighted by molar-refractivity contribution is 0.303. The molecule has 0 amide bonds. The van der Waals surface area contributed by atoms with Gasteiger partial charge in [-0.1, -0.05) is 46.3 Å². The van der Waals surface area contributed by atoms with Gasteiger partial charge in [0, 0.05) is 10.0 Å². The van der Waals surface area contributed by atoms with Gasteiger partial charge in [0.05, 0.1) is 12.5 Å². The van der Waals surface area contributed by atoms with Gasteiger partial charge in [-0.25, -0.2) is 0 Å². The minimum Gasteiger partial charge on any atom is -0.489 e. The summed E-state index contributed by atoms with van der Waals surface area (Å²) in [4.78, 5) is 0. The van der Waals surface area contributed by atoms with Crippen LogP contribution in [0.3, 0.4) is 0 Å². The Balaban J connectivity index is 2.12. The highest BCUT2D eigenvalue weighted by Crippen LogP contribution is 2.24. The zero-order valence-corrected chi connectivity index (χ0v) is 11.4. The monoisotopic (exact) mass is 301 g/mol. The van der Waals surface area contributed by atoms with Crippen molar-refractivity contribution in [1.29, 1.82) is 5.26 Å². The van der Waals surface area contributed by atoms with Gasteiger partial charge in [-0.2, -0.15) is 5.26 Å². The van der Waals surface area contributed by atoms with Crippen LogP contribution in [0.5, 0.6) is 5.75 Å². The topological polar surface area (TPSA) is 33.0 Å². The third-order valence-electron chi connectivity index (χ3n) is 2.53. The van der Waals surface area contributed by atoms with Gasteiger partial charge in [0.1, 0.15) is 12.4 Å². The molecular formula is C15H12BrNO. The van der Waals surface area contributed by atoms with Gasteiger partial charge in [-0.05, 0) is 23.8 Å². The van der Waals surface area contributed by atoms with Crippen molar-refractivity contribution in [2.24, 2.45) is 0 Å². The molecule has 0 fully saturated rings. The molecule has 0 aliphatic rings. The number of hydrogen-bond acceptors (Lipinski definition) is 2. The maximum absolute atomic E-state index is 8.80. The molecule has 0 saturated heterocycles. The molecule has 2 nitrogen and oxygen atoms in total. The SMILES string of the molecule is N#CCc1cc(Br)ccc1OCc1ccccc1. The summed E-state index contributed by atoms with van der Waals surface area (Å²) in [5.41, 5.74) is 2.02. The number of ether oxygens (including phenoxy) is 1. The Bertz CT molecular complexity index is 560. The van der Waals surface area contributed by atoms with Gasteiger partial charge >= 0.3 is 0 Å². The van der Waals surface area contributed by atoms with Gasteiger partial charge in [0.25, 0.3) is 0 Å². The Morgan fingerprint density at radius 1 is 1.11 bits per heavy atom. The number of hydrogen-bond donors (Lipinski definition) is 0. The third kappa shape index (κ3) is 3.35. The van der Waals surface area contributed by atoms with Crippen molar-refractivity contribution in [2.75, 3.05) is 0 Å². The van der Waals surface area contributed by atoms with Crippen LogP contribution < -0.4 is 4.74 Å². The van der Waals surface area contributed by atoms with Crippen LogP contribution in [0, 0.1) is 11.3 Å². The standard InChI is InChI=1S/C15H12BrNO/c16-14-6-7-15(13(10-14)8-9-17)18-11-12-4-2-1-3-5-12/h1-7,10H,8,11H2. The summed E-state index contributed by atoms with van der Waals surface area (Å²) in [7, 11) is 0. The molecule has 0 aliphatic carbocycles. The number of nitrogens with zero attached hydrogens (tertiary/aromatic N) is 1. The summed E-state index contributed by atoms with van der Waals surface area (Å²) >= 11 is 3.40. The Morgan fingerprint density at radius 2 is 1.89 bits per heavy atom. The molecular weight excluding hydrogens is 290 g/mol. The molecule has 0 aromatic heterocycles. The summed E-state index contributed by atoms with van der Waals surface area (Å²) in [6.45, 7) is 0.515. The van der Waals surface area contributed by atoms with E-state index >= 15 is 0 Å². The Labute approximate surface area is 115 Å².